The predicted octanol–water partition coefficient (Wildman–Crippen LogP) is 2.53. The lowest BCUT2D eigenvalue weighted by molar-refractivity contribution is 0.455. The van der Waals surface area contributed by atoms with Crippen molar-refractivity contribution in [3.05, 3.63) is 52.2 Å². The second-order valence-corrected chi connectivity index (χ2v) is 8.15. The molecule has 1 N–H and O–H groups in total. The number of aliphatic imine (C=N–C) groups is 1. The third-order valence-electron chi connectivity index (χ3n) is 6.03. The molecular weight excluding hydrogens is 491 g/mol. The van der Waals surface area contributed by atoms with E-state index in [2.05, 4.69) is 50.6 Å². The van der Waals surface area contributed by atoms with Gasteiger partial charge >= 0.3 is 5.69 Å². The molecule has 164 valence electrons. The van der Waals surface area contributed by atoms with Crippen molar-refractivity contribution in [1.29, 1.82) is 0 Å². The lowest BCUT2D eigenvalue weighted by Crippen LogP contribution is -2.40. The molecule has 1 saturated heterocycles. The highest BCUT2D eigenvalue weighted by molar-refractivity contribution is 14.0. The van der Waals surface area contributed by atoms with Crippen molar-refractivity contribution in [3.8, 4) is 0 Å². The largest absolute Gasteiger partial charge is 0.356 e. The van der Waals surface area contributed by atoms with Crippen molar-refractivity contribution in [1.82, 2.24) is 24.6 Å². The summed E-state index contributed by atoms with van der Waals surface area (Å²) in [5, 5.41) is 7.99. The van der Waals surface area contributed by atoms with Gasteiger partial charge in [-0.25, -0.2) is 9.48 Å². The minimum Gasteiger partial charge on any atom is -0.356 e. The fraction of sp³-hybridized carbons (Fsp3) is 0.591. The summed E-state index contributed by atoms with van der Waals surface area (Å²) in [6, 6.07) is 10.7. The van der Waals surface area contributed by atoms with Crippen LogP contribution >= 0.6 is 24.0 Å². The summed E-state index contributed by atoms with van der Waals surface area (Å²) in [5.41, 5.74) is 1.46. The first-order chi connectivity index (χ1) is 14.2. The van der Waals surface area contributed by atoms with Crippen LogP contribution in [-0.2, 0) is 25.9 Å². The summed E-state index contributed by atoms with van der Waals surface area (Å²) >= 11 is 0. The van der Waals surface area contributed by atoms with Gasteiger partial charge < -0.3 is 10.2 Å². The molecule has 30 heavy (non-hydrogen) atoms. The fourth-order valence-electron chi connectivity index (χ4n) is 4.49. The molecule has 4 rings (SSSR count). The van der Waals surface area contributed by atoms with Gasteiger partial charge in [0.2, 0.25) is 0 Å². The van der Waals surface area contributed by atoms with Gasteiger partial charge in [-0.3, -0.25) is 9.56 Å². The topological polar surface area (TPSA) is 67.5 Å². The molecule has 0 saturated carbocycles. The summed E-state index contributed by atoms with van der Waals surface area (Å²) in [5.74, 6) is 2.59. The number of rotatable bonds is 6. The van der Waals surface area contributed by atoms with Crippen LogP contribution in [-0.4, -0.2) is 51.9 Å². The Hall–Kier alpha value is -1.84. The lowest BCUT2D eigenvalue weighted by atomic mass is 9.99. The van der Waals surface area contributed by atoms with Crippen LogP contribution in [0.15, 0.2) is 40.1 Å². The Labute approximate surface area is 195 Å². The molecule has 1 fully saturated rings. The van der Waals surface area contributed by atoms with E-state index in [1.54, 1.807) is 4.68 Å². The van der Waals surface area contributed by atoms with E-state index in [0.29, 0.717) is 12.5 Å². The first-order valence-electron chi connectivity index (χ1n) is 10.9. The van der Waals surface area contributed by atoms with Gasteiger partial charge in [-0.1, -0.05) is 30.3 Å². The van der Waals surface area contributed by atoms with Gasteiger partial charge in [0, 0.05) is 46.2 Å². The molecule has 0 amide bonds. The predicted molar refractivity (Wildman–Crippen MR) is 131 cm³/mol. The number of guanidine groups is 1. The standard InChI is InChI=1S/C22H32N6O.HI/c1-23-21(26-15-11-19(17-26)16-18-8-3-2-4-9-18)24-12-7-14-28-22(29)27-13-6-5-10-20(27)25-28;/h2-4,8-9,19H,5-7,10-17H2,1H3,(H,23,24);1H. The number of halogens is 1. The van der Waals surface area contributed by atoms with E-state index in [1.165, 1.54) is 12.0 Å². The van der Waals surface area contributed by atoms with E-state index in [1.807, 2.05) is 11.6 Å². The van der Waals surface area contributed by atoms with Gasteiger partial charge in [0.25, 0.3) is 0 Å². The number of fused-ring (bicyclic) bond motifs is 1. The van der Waals surface area contributed by atoms with Crippen molar-refractivity contribution in [2.45, 2.75) is 51.6 Å². The van der Waals surface area contributed by atoms with Crippen LogP contribution in [0.2, 0.25) is 0 Å². The van der Waals surface area contributed by atoms with Crippen LogP contribution in [0, 0.1) is 5.92 Å². The van der Waals surface area contributed by atoms with Gasteiger partial charge in [0.1, 0.15) is 5.82 Å². The van der Waals surface area contributed by atoms with Gasteiger partial charge in [0.05, 0.1) is 0 Å². The van der Waals surface area contributed by atoms with Gasteiger partial charge in [-0.15, -0.1) is 24.0 Å². The van der Waals surface area contributed by atoms with Crippen LogP contribution in [0.25, 0.3) is 0 Å². The Morgan fingerprint density at radius 3 is 2.83 bits per heavy atom. The van der Waals surface area contributed by atoms with Crippen molar-refractivity contribution >= 4 is 29.9 Å². The Kier molecular flexibility index (Phi) is 8.35. The summed E-state index contributed by atoms with van der Waals surface area (Å²) in [6.07, 6.45) is 6.32. The molecule has 2 aliphatic rings. The smallest absolute Gasteiger partial charge is 0.345 e. The molecule has 7 nitrogen and oxygen atoms in total. The Morgan fingerprint density at radius 2 is 2.07 bits per heavy atom. The van der Waals surface area contributed by atoms with Gasteiger partial charge in [0.15, 0.2) is 5.96 Å². The highest BCUT2D eigenvalue weighted by Crippen LogP contribution is 2.20. The molecule has 0 bridgehead atoms. The van der Waals surface area contributed by atoms with Crippen molar-refractivity contribution in [2.75, 3.05) is 26.7 Å². The molecule has 1 aromatic heterocycles. The zero-order valence-electron chi connectivity index (χ0n) is 17.8. The quantitative estimate of drug-likeness (QED) is 0.273. The number of hydrogen-bond donors (Lipinski definition) is 1. The molecule has 2 aliphatic heterocycles. The minimum atomic E-state index is 0. The monoisotopic (exact) mass is 524 g/mol. The Morgan fingerprint density at radius 1 is 1.23 bits per heavy atom. The molecule has 2 aromatic rings. The van der Waals surface area contributed by atoms with E-state index in [-0.39, 0.29) is 29.7 Å². The highest BCUT2D eigenvalue weighted by atomic mass is 127. The normalized spacial score (nSPS) is 18.8. The van der Waals surface area contributed by atoms with Crippen LogP contribution in [0.4, 0.5) is 0 Å². The van der Waals surface area contributed by atoms with E-state index >= 15 is 0 Å². The molecular formula is C22H33IN6O. The van der Waals surface area contributed by atoms with Crippen LogP contribution in [0.1, 0.15) is 37.1 Å². The van der Waals surface area contributed by atoms with Crippen molar-refractivity contribution in [3.63, 3.8) is 0 Å². The number of nitrogens with one attached hydrogen (secondary N) is 1. The highest BCUT2D eigenvalue weighted by Gasteiger charge is 2.25. The molecule has 1 unspecified atom stereocenters. The molecule has 8 heteroatoms. The Bertz CT molecular complexity index is 891. The van der Waals surface area contributed by atoms with Crippen LogP contribution in [0.3, 0.4) is 0 Å². The van der Waals surface area contributed by atoms with E-state index in [4.69, 9.17) is 0 Å². The first kappa shape index (κ1) is 22.8. The number of nitrogens with zero attached hydrogens (tertiary/aromatic N) is 5. The van der Waals surface area contributed by atoms with E-state index in [0.717, 1.165) is 70.1 Å². The van der Waals surface area contributed by atoms with Gasteiger partial charge in [-0.2, -0.15) is 5.10 Å². The molecule has 0 radical (unpaired) electrons. The van der Waals surface area contributed by atoms with Crippen LogP contribution < -0.4 is 11.0 Å². The second-order valence-electron chi connectivity index (χ2n) is 8.15. The lowest BCUT2D eigenvalue weighted by Gasteiger charge is -2.21. The Balaban J connectivity index is 0.00000256. The third kappa shape index (κ3) is 5.44. The van der Waals surface area contributed by atoms with Crippen molar-refractivity contribution < 1.29 is 0 Å². The summed E-state index contributed by atoms with van der Waals surface area (Å²) in [7, 11) is 1.85. The summed E-state index contributed by atoms with van der Waals surface area (Å²) < 4.78 is 3.48. The first-order valence-corrected chi connectivity index (χ1v) is 10.9. The molecule has 0 aliphatic carbocycles. The zero-order chi connectivity index (χ0) is 20.1. The zero-order valence-corrected chi connectivity index (χ0v) is 20.1. The van der Waals surface area contributed by atoms with E-state index in [9.17, 15) is 4.79 Å². The number of likely N-dealkylation sites (tertiary alicyclic amines) is 1. The second kappa shape index (κ2) is 11.0. The number of benzene rings is 1. The third-order valence-corrected chi connectivity index (χ3v) is 6.03. The van der Waals surface area contributed by atoms with Crippen LogP contribution in [0.5, 0.6) is 0 Å². The average Bonchev–Trinajstić information content (AvgIpc) is 3.34. The van der Waals surface area contributed by atoms with E-state index < -0.39 is 0 Å². The number of hydrogen-bond acceptors (Lipinski definition) is 3. The fourth-order valence-corrected chi connectivity index (χ4v) is 4.49. The number of aromatic nitrogens is 3. The maximum Gasteiger partial charge on any atom is 0.345 e. The molecule has 0 spiro atoms. The maximum atomic E-state index is 12.4. The molecule has 1 atom stereocenters. The maximum absolute atomic E-state index is 12.4. The number of aryl methyl sites for hydroxylation is 2. The molecule has 3 heterocycles. The summed E-state index contributed by atoms with van der Waals surface area (Å²) in [6.45, 7) is 4.35. The summed E-state index contributed by atoms with van der Waals surface area (Å²) in [4.78, 5) is 19.2. The van der Waals surface area contributed by atoms with Crippen molar-refractivity contribution in [2.24, 2.45) is 10.9 Å². The molecule has 1 aromatic carbocycles. The average molecular weight is 524 g/mol. The van der Waals surface area contributed by atoms with Gasteiger partial charge in [-0.05, 0) is 43.6 Å². The SMILES string of the molecule is CN=C(NCCCn1nc2n(c1=O)CCCC2)N1CCC(Cc2ccccc2)C1.I. The minimum absolute atomic E-state index is 0.